The van der Waals surface area contributed by atoms with Crippen LogP contribution in [0.4, 0.5) is 5.82 Å². The van der Waals surface area contributed by atoms with Gasteiger partial charge in [-0.2, -0.15) is 0 Å². The molecule has 6 nitrogen and oxygen atoms in total. The number of aryl methyl sites for hydroxylation is 2. The van der Waals surface area contributed by atoms with Gasteiger partial charge < -0.3 is 10.3 Å². The molecule has 4 aromatic heterocycles. The number of hydrogen-bond acceptors (Lipinski definition) is 8. The third-order valence-electron chi connectivity index (χ3n) is 4.30. The topological polar surface area (TPSA) is 82.5 Å². The van der Waals surface area contributed by atoms with E-state index in [0.717, 1.165) is 31.9 Å². The van der Waals surface area contributed by atoms with Crippen molar-refractivity contribution in [2.75, 3.05) is 5.73 Å². The number of thioether (sulfide) groups is 1. The molecule has 0 aliphatic rings. The molecule has 0 radical (unpaired) electrons. The molecule has 9 heteroatoms. The van der Waals surface area contributed by atoms with Crippen LogP contribution in [0.25, 0.3) is 20.9 Å². The molecule has 0 aliphatic heterocycles. The van der Waals surface area contributed by atoms with Crippen LogP contribution in [0, 0.1) is 13.8 Å². The van der Waals surface area contributed by atoms with E-state index in [-0.39, 0.29) is 5.25 Å². The first-order valence-corrected chi connectivity index (χ1v) is 10.7. The Kier molecular flexibility index (Phi) is 4.45. The molecule has 4 heterocycles. The molecule has 0 bridgehead atoms. The van der Waals surface area contributed by atoms with Crippen molar-refractivity contribution in [1.29, 1.82) is 0 Å². The van der Waals surface area contributed by atoms with Crippen LogP contribution in [0.1, 0.15) is 28.4 Å². The van der Waals surface area contributed by atoms with Crippen LogP contribution in [0.3, 0.4) is 0 Å². The number of rotatable bonds is 4. The minimum atomic E-state index is 0.0171. The predicted octanol–water partition coefficient (Wildman–Crippen LogP) is 4.60. The zero-order valence-corrected chi connectivity index (χ0v) is 17.3. The fourth-order valence-corrected chi connectivity index (χ4v) is 5.38. The molecule has 26 heavy (non-hydrogen) atoms. The highest BCUT2D eigenvalue weighted by atomic mass is 32.2. The zero-order chi connectivity index (χ0) is 18.4. The molecule has 4 aromatic rings. The van der Waals surface area contributed by atoms with Gasteiger partial charge in [-0.25, -0.2) is 9.97 Å². The number of nitrogen functional groups attached to an aromatic ring is 1. The lowest BCUT2D eigenvalue weighted by Gasteiger charge is -2.10. The van der Waals surface area contributed by atoms with Crippen molar-refractivity contribution in [2.24, 2.45) is 7.05 Å². The van der Waals surface area contributed by atoms with Gasteiger partial charge >= 0.3 is 0 Å². The van der Waals surface area contributed by atoms with Crippen LogP contribution >= 0.6 is 34.4 Å². The summed E-state index contributed by atoms with van der Waals surface area (Å²) in [5.74, 6) is 2.15. The highest BCUT2D eigenvalue weighted by molar-refractivity contribution is 7.99. The molecule has 0 spiro atoms. The highest BCUT2D eigenvalue weighted by Crippen LogP contribution is 2.37. The van der Waals surface area contributed by atoms with E-state index in [9.17, 15) is 0 Å². The molecule has 134 valence electrons. The third-order valence-corrected chi connectivity index (χ3v) is 7.39. The van der Waals surface area contributed by atoms with Crippen molar-refractivity contribution >= 4 is 50.5 Å². The van der Waals surface area contributed by atoms with Crippen molar-refractivity contribution in [3.8, 4) is 10.7 Å². The molecule has 1 atom stereocenters. The Hall–Kier alpha value is -1.97. The van der Waals surface area contributed by atoms with Gasteiger partial charge in [0.15, 0.2) is 11.0 Å². The van der Waals surface area contributed by atoms with Gasteiger partial charge in [0.2, 0.25) is 0 Å². The summed E-state index contributed by atoms with van der Waals surface area (Å²) in [5, 5.41) is 12.5. The Morgan fingerprint density at radius 2 is 2.04 bits per heavy atom. The van der Waals surface area contributed by atoms with Crippen LogP contribution in [0.2, 0.25) is 0 Å². The average molecular weight is 403 g/mol. The molecule has 0 aliphatic carbocycles. The minimum Gasteiger partial charge on any atom is -0.383 e. The number of fused-ring (bicyclic) bond motifs is 1. The maximum absolute atomic E-state index is 6.22. The summed E-state index contributed by atoms with van der Waals surface area (Å²) in [6, 6.07) is 4.06. The lowest BCUT2D eigenvalue weighted by atomic mass is 10.2. The third kappa shape index (κ3) is 2.89. The summed E-state index contributed by atoms with van der Waals surface area (Å²) in [5.41, 5.74) is 7.38. The van der Waals surface area contributed by atoms with E-state index in [1.54, 1.807) is 34.4 Å². The number of anilines is 1. The molecule has 1 unspecified atom stereocenters. The van der Waals surface area contributed by atoms with Crippen molar-refractivity contribution in [3.05, 3.63) is 33.8 Å². The summed E-state index contributed by atoms with van der Waals surface area (Å²) >= 11 is 4.91. The minimum absolute atomic E-state index is 0.0171. The van der Waals surface area contributed by atoms with Crippen molar-refractivity contribution in [3.63, 3.8) is 0 Å². The normalized spacial score (nSPS) is 12.8. The summed E-state index contributed by atoms with van der Waals surface area (Å²) < 4.78 is 2.01. The van der Waals surface area contributed by atoms with Gasteiger partial charge in [-0.1, -0.05) is 17.8 Å². The van der Waals surface area contributed by atoms with E-state index < -0.39 is 0 Å². The number of nitrogens with zero attached hydrogens (tertiary/aromatic N) is 5. The Bertz CT molecular complexity index is 1080. The number of nitrogens with two attached hydrogens (primary N) is 1. The van der Waals surface area contributed by atoms with Gasteiger partial charge in [0.1, 0.15) is 16.5 Å². The van der Waals surface area contributed by atoms with Gasteiger partial charge in [-0.3, -0.25) is 0 Å². The SMILES string of the molecule is Cc1sc2nc(C(C)Sc3nnc(-c4cccs4)n3C)nc(N)c2c1C. The molecular formula is C17H18N6S3. The molecule has 0 fully saturated rings. The van der Waals surface area contributed by atoms with E-state index >= 15 is 0 Å². The number of hydrogen-bond donors (Lipinski definition) is 1. The smallest absolute Gasteiger partial charge is 0.191 e. The predicted molar refractivity (Wildman–Crippen MR) is 110 cm³/mol. The molecule has 2 N–H and O–H groups in total. The van der Waals surface area contributed by atoms with Gasteiger partial charge in [-0.15, -0.1) is 32.9 Å². The van der Waals surface area contributed by atoms with Crippen LogP contribution in [-0.2, 0) is 7.05 Å². The first-order chi connectivity index (χ1) is 12.5. The molecule has 0 saturated carbocycles. The van der Waals surface area contributed by atoms with Crippen LogP contribution in [0.5, 0.6) is 0 Å². The van der Waals surface area contributed by atoms with Gasteiger partial charge in [0, 0.05) is 11.9 Å². The van der Waals surface area contributed by atoms with Crippen molar-refractivity contribution in [1.82, 2.24) is 24.7 Å². The van der Waals surface area contributed by atoms with Crippen LogP contribution < -0.4 is 5.73 Å². The second-order valence-corrected chi connectivity index (χ2v) is 9.49. The van der Waals surface area contributed by atoms with Crippen molar-refractivity contribution in [2.45, 2.75) is 31.2 Å². The standard InChI is InChI=1S/C17H18N6S3/c1-8-9(2)25-16-12(8)13(18)19-14(20-16)10(3)26-17-22-21-15(23(17)4)11-6-5-7-24-11/h5-7,10H,1-4H3,(H2,18,19,20). The molecular weight excluding hydrogens is 384 g/mol. The first-order valence-electron chi connectivity index (χ1n) is 8.08. The maximum Gasteiger partial charge on any atom is 0.191 e. The zero-order valence-electron chi connectivity index (χ0n) is 14.8. The Balaban J connectivity index is 1.65. The van der Waals surface area contributed by atoms with E-state index in [2.05, 4.69) is 36.0 Å². The first kappa shape index (κ1) is 17.4. The maximum atomic E-state index is 6.22. The summed E-state index contributed by atoms with van der Waals surface area (Å²) in [7, 11) is 1.98. The average Bonchev–Trinajstić information content (AvgIpc) is 3.30. The van der Waals surface area contributed by atoms with Crippen LogP contribution in [0.15, 0.2) is 22.7 Å². The highest BCUT2D eigenvalue weighted by Gasteiger charge is 2.20. The quantitative estimate of drug-likeness (QED) is 0.502. The molecule has 4 rings (SSSR count). The summed E-state index contributed by atoms with van der Waals surface area (Å²) in [4.78, 5) is 12.6. The lowest BCUT2D eigenvalue weighted by Crippen LogP contribution is -2.03. The molecule has 0 amide bonds. The Labute approximate surface area is 163 Å². The van der Waals surface area contributed by atoms with E-state index in [1.807, 2.05) is 29.1 Å². The summed E-state index contributed by atoms with van der Waals surface area (Å²) in [6.07, 6.45) is 0. The fraction of sp³-hybridized carbons (Fsp3) is 0.294. The summed E-state index contributed by atoms with van der Waals surface area (Å²) in [6.45, 7) is 6.22. The molecule has 0 saturated heterocycles. The largest absolute Gasteiger partial charge is 0.383 e. The second kappa shape index (κ2) is 6.64. The lowest BCUT2D eigenvalue weighted by molar-refractivity contribution is 0.788. The van der Waals surface area contributed by atoms with Gasteiger partial charge in [0.05, 0.1) is 15.5 Å². The fourth-order valence-electron chi connectivity index (χ4n) is 2.73. The Morgan fingerprint density at radius 3 is 2.77 bits per heavy atom. The van der Waals surface area contributed by atoms with Gasteiger partial charge in [0.25, 0.3) is 0 Å². The van der Waals surface area contributed by atoms with E-state index in [1.165, 1.54) is 10.4 Å². The van der Waals surface area contributed by atoms with E-state index in [4.69, 9.17) is 10.7 Å². The molecule has 0 aromatic carbocycles. The van der Waals surface area contributed by atoms with Crippen LogP contribution in [-0.4, -0.2) is 24.7 Å². The van der Waals surface area contributed by atoms with Crippen molar-refractivity contribution < 1.29 is 0 Å². The Morgan fingerprint density at radius 1 is 1.23 bits per heavy atom. The number of aromatic nitrogens is 5. The van der Waals surface area contributed by atoms with E-state index in [0.29, 0.717) is 5.82 Å². The second-order valence-electron chi connectivity index (χ2n) is 6.03. The number of thiophene rings is 2. The van der Waals surface area contributed by atoms with Gasteiger partial charge in [-0.05, 0) is 37.8 Å². The monoisotopic (exact) mass is 402 g/mol.